The normalized spacial score (nSPS) is 12.5. The number of anilines is 1. The van der Waals surface area contributed by atoms with Crippen molar-refractivity contribution in [2.45, 2.75) is 26.3 Å². The minimum absolute atomic E-state index is 0.206. The largest absolute Gasteiger partial charge is 0.497 e. The molecule has 6 nitrogen and oxygen atoms in total. The van der Waals surface area contributed by atoms with Crippen LogP contribution < -0.4 is 14.8 Å². The molecule has 2 aromatic rings. The molecule has 28 heavy (non-hydrogen) atoms. The standard InChI is InChI=1S/C20H25ClN2O4S/c1-13(2)11-19(14-5-8-16(27-3)9-6-14)22-20(24)17-12-15(7-10-18(17)21)23-28(4,25)26/h5-10,12-13,19,23H,11H2,1-4H3,(H,22,24). The van der Waals surface area contributed by atoms with Gasteiger partial charge in [-0.25, -0.2) is 8.42 Å². The minimum atomic E-state index is -3.46. The third kappa shape index (κ3) is 6.42. The first-order valence-electron chi connectivity index (χ1n) is 8.81. The third-order valence-corrected chi connectivity index (χ3v) is 4.98. The number of ether oxygens (including phenoxy) is 1. The first-order chi connectivity index (χ1) is 13.1. The summed E-state index contributed by atoms with van der Waals surface area (Å²) in [7, 11) is -1.86. The third-order valence-electron chi connectivity index (χ3n) is 4.04. The van der Waals surface area contributed by atoms with Gasteiger partial charge in [-0.3, -0.25) is 9.52 Å². The molecule has 0 aliphatic heterocycles. The minimum Gasteiger partial charge on any atom is -0.497 e. The van der Waals surface area contributed by atoms with Crippen molar-refractivity contribution in [2.75, 3.05) is 18.1 Å². The average molecular weight is 425 g/mol. The van der Waals surface area contributed by atoms with E-state index in [9.17, 15) is 13.2 Å². The maximum absolute atomic E-state index is 12.9. The molecule has 2 rings (SSSR count). The van der Waals surface area contributed by atoms with Crippen LogP contribution in [0.15, 0.2) is 42.5 Å². The molecule has 0 aliphatic carbocycles. The number of carbonyl (C=O) groups is 1. The lowest BCUT2D eigenvalue weighted by Gasteiger charge is -2.22. The number of hydrogen-bond acceptors (Lipinski definition) is 4. The van der Waals surface area contributed by atoms with Crippen molar-refractivity contribution >= 4 is 33.2 Å². The van der Waals surface area contributed by atoms with Gasteiger partial charge in [0.2, 0.25) is 10.0 Å². The van der Waals surface area contributed by atoms with E-state index in [0.29, 0.717) is 5.92 Å². The van der Waals surface area contributed by atoms with Gasteiger partial charge in [-0.05, 0) is 48.2 Å². The highest BCUT2D eigenvalue weighted by molar-refractivity contribution is 7.92. The Labute approximate surface area is 171 Å². The molecule has 152 valence electrons. The molecule has 8 heteroatoms. The second kappa shape index (κ2) is 9.30. The van der Waals surface area contributed by atoms with E-state index in [4.69, 9.17) is 16.3 Å². The summed E-state index contributed by atoms with van der Waals surface area (Å²) in [4.78, 5) is 12.9. The van der Waals surface area contributed by atoms with Crippen LogP contribution in [0.3, 0.4) is 0 Å². The second-order valence-corrected chi connectivity index (χ2v) is 9.15. The van der Waals surface area contributed by atoms with E-state index in [1.54, 1.807) is 7.11 Å². The number of hydrogen-bond donors (Lipinski definition) is 2. The van der Waals surface area contributed by atoms with Gasteiger partial charge < -0.3 is 10.1 Å². The van der Waals surface area contributed by atoms with Gasteiger partial charge in [0.25, 0.3) is 5.91 Å². The first kappa shape index (κ1) is 22.0. The Morgan fingerprint density at radius 2 is 1.79 bits per heavy atom. The fourth-order valence-electron chi connectivity index (χ4n) is 2.80. The van der Waals surface area contributed by atoms with Crippen molar-refractivity contribution in [3.05, 3.63) is 58.6 Å². The summed E-state index contributed by atoms with van der Waals surface area (Å²) >= 11 is 6.18. The molecule has 1 atom stereocenters. The first-order valence-corrected chi connectivity index (χ1v) is 11.1. The predicted octanol–water partition coefficient (Wildman–Crippen LogP) is 4.24. The number of nitrogens with one attached hydrogen (secondary N) is 2. The molecule has 0 bridgehead atoms. The van der Waals surface area contributed by atoms with Gasteiger partial charge >= 0.3 is 0 Å². The van der Waals surface area contributed by atoms with Crippen LogP contribution in [-0.2, 0) is 10.0 Å². The molecular formula is C20H25ClN2O4S. The number of sulfonamides is 1. The van der Waals surface area contributed by atoms with Gasteiger partial charge in [-0.2, -0.15) is 0 Å². The van der Waals surface area contributed by atoms with Crippen LogP contribution in [0.25, 0.3) is 0 Å². The van der Waals surface area contributed by atoms with Gasteiger partial charge in [0.05, 0.1) is 30.0 Å². The molecule has 2 N–H and O–H groups in total. The van der Waals surface area contributed by atoms with E-state index in [1.807, 2.05) is 24.3 Å². The number of benzene rings is 2. The summed E-state index contributed by atoms with van der Waals surface area (Å²) in [5.74, 6) is 0.714. The topological polar surface area (TPSA) is 84.5 Å². The number of carbonyl (C=O) groups excluding carboxylic acids is 1. The second-order valence-electron chi connectivity index (χ2n) is 7.00. The average Bonchev–Trinajstić information content (AvgIpc) is 2.61. The Hall–Kier alpha value is -2.25. The Kier molecular flexibility index (Phi) is 7.32. The van der Waals surface area contributed by atoms with Crippen LogP contribution in [0.5, 0.6) is 5.75 Å². The number of methoxy groups -OCH3 is 1. The van der Waals surface area contributed by atoms with Crippen molar-refractivity contribution in [1.82, 2.24) is 5.32 Å². The molecule has 0 radical (unpaired) electrons. The molecule has 0 aromatic heterocycles. The molecule has 0 saturated heterocycles. The van der Waals surface area contributed by atoms with E-state index in [0.717, 1.165) is 24.0 Å². The number of halogens is 1. The Morgan fingerprint density at radius 1 is 1.14 bits per heavy atom. The monoisotopic (exact) mass is 424 g/mol. The summed E-state index contributed by atoms with van der Waals surface area (Å²) < 4.78 is 30.4. The lowest BCUT2D eigenvalue weighted by molar-refractivity contribution is 0.0932. The maximum atomic E-state index is 12.9. The maximum Gasteiger partial charge on any atom is 0.253 e. The summed E-state index contributed by atoms with van der Waals surface area (Å²) in [6, 6.07) is 11.7. The van der Waals surface area contributed by atoms with Gasteiger partial charge in [-0.15, -0.1) is 0 Å². The highest BCUT2D eigenvalue weighted by atomic mass is 35.5. The van der Waals surface area contributed by atoms with Gasteiger partial charge in [-0.1, -0.05) is 37.6 Å². The van der Waals surface area contributed by atoms with Crippen LogP contribution >= 0.6 is 11.6 Å². The fourth-order valence-corrected chi connectivity index (χ4v) is 3.56. The Bertz CT molecular complexity index is 928. The van der Waals surface area contributed by atoms with Crippen molar-refractivity contribution in [3.63, 3.8) is 0 Å². The van der Waals surface area contributed by atoms with Crippen LogP contribution in [0.2, 0.25) is 5.02 Å². The summed E-state index contributed by atoms with van der Waals surface area (Å²) in [5, 5.41) is 3.25. The summed E-state index contributed by atoms with van der Waals surface area (Å²) in [5.41, 5.74) is 1.43. The molecule has 0 saturated carbocycles. The Morgan fingerprint density at radius 3 is 2.32 bits per heavy atom. The molecular weight excluding hydrogens is 400 g/mol. The SMILES string of the molecule is COc1ccc(C(CC(C)C)NC(=O)c2cc(NS(C)(=O)=O)ccc2Cl)cc1. The zero-order valence-electron chi connectivity index (χ0n) is 16.3. The zero-order chi connectivity index (χ0) is 20.9. The van der Waals surface area contributed by atoms with E-state index < -0.39 is 10.0 Å². The molecule has 0 spiro atoms. The van der Waals surface area contributed by atoms with Crippen molar-refractivity contribution in [2.24, 2.45) is 5.92 Å². The van der Waals surface area contributed by atoms with Crippen LogP contribution in [0, 0.1) is 5.92 Å². The predicted molar refractivity (Wildman–Crippen MR) is 113 cm³/mol. The molecule has 1 amide bonds. The number of amides is 1. The molecule has 0 fully saturated rings. The summed E-state index contributed by atoms with van der Waals surface area (Å²) in [6.07, 6.45) is 1.78. The van der Waals surface area contributed by atoms with Crippen molar-refractivity contribution < 1.29 is 17.9 Å². The fraction of sp³-hybridized carbons (Fsp3) is 0.350. The van der Waals surface area contributed by atoms with Crippen molar-refractivity contribution in [1.29, 1.82) is 0 Å². The molecule has 1 unspecified atom stereocenters. The van der Waals surface area contributed by atoms with E-state index in [1.165, 1.54) is 18.2 Å². The number of rotatable bonds is 8. The summed E-state index contributed by atoms with van der Waals surface area (Å²) in [6.45, 7) is 4.15. The lowest BCUT2D eigenvalue weighted by Crippen LogP contribution is -2.30. The Balaban J connectivity index is 2.28. The molecule has 2 aromatic carbocycles. The molecule has 0 heterocycles. The van der Waals surface area contributed by atoms with Crippen LogP contribution in [-0.4, -0.2) is 27.7 Å². The highest BCUT2D eigenvalue weighted by Crippen LogP contribution is 2.26. The zero-order valence-corrected chi connectivity index (χ0v) is 17.9. The van der Waals surface area contributed by atoms with E-state index >= 15 is 0 Å². The van der Waals surface area contributed by atoms with Gasteiger partial charge in [0.1, 0.15) is 5.75 Å². The van der Waals surface area contributed by atoms with Crippen LogP contribution in [0.4, 0.5) is 5.69 Å². The van der Waals surface area contributed by atoms with E-state index in [2.05, 4.69) is 23.9 Å². The lowest BCUT2D eigenvalue weighted by atomic mass is 9.96. The highest BCUT2D eigenvalue weighted by Gasteiger charge is 2.20. The quantitative estimate of drug-likeness (QED) is 0.663. The van der Waals surface area contributed by atoms with Crippen molar-refractivity contribution in [3.8, 4) is 5.75 Å². The van der Waals surface area contributed by atoms with Gasteiger partial charge in [0.15, 0.2) is 0 Å². The van der Waals surface area contributed by atoms with Gasteiger partial charge in [0, 0.05) is 5.69 Å². The smallest absolute Gasteiger partial charge is 0.253 e. The van der Waals surface area contributed by atoms with E-state index in [-0.39, 0.29) is 28.2 Å². The van der Waals surface area contributed by atoms with Crippen LogP contribution in [0.1, 0.15) is 42.2 Å². The molecule has 0 aliphatic rings.